The molecule has 0 N–H and O–H groups in total. The summed E-state index contributed by atoms with van der Waals surface area (Å²) in [5.74, 6) is 2.69. The van der Waals surface area contributed by atoms with Crippen molar-refractivity contribution in [3.63, 3.8) is 0 Å². The van der Waals surface area contributed by atoms with Crippen LogP contribution < -0.4 is 15.1 Å². The van der Waals surface area contributed by atoms with Gasteiger partial charge in [-0.3, -0.25) is 0 Å². The quantitative estimate of drug-likeness (QED) is 0.330. The third-order valence-electron chi connectivity index (χ3n) is 8.50. The molecule has 2 aliphatic rings. The first-order valence-electron chi connectivity index (χ1n) is 12.1. The van der Waals surface area contributed by atoms with Crippen molar-refractivity contribution >= 4 is 26.5 Å². The highest BCUT2D eigenvalue weighted by molar-refractivity contribution is 6.95. The largest absolute Gasteiger partial charge is 0.490 e. The van der Waals surface area contributed by atoms with E-state index in [9.17, 15) is 0 Å². The van der Waals surface area contributed by atoms with Crippen LogP contribution in [-0.2, 0) is 0 Å². The molecule has 0 aliphatic heterocycles. The Labute approximate surface area is 193 Å². The molecule has 0 radical (unpaired) electrons. The van der Waals surface area contributed by atoms with Gasteiger partial charge in [0.15, 0.2) is 0 Å². The Balaban J connectivity index is 2.23. The first-order valence-corrected chi connectivity index (χ1v) is 18.2. The fourth-order valence-corrected chi connectivity index (χ4v) is 12.7. The molecular weight excluding hydrogens is 408 g/mol. The van der Waals surface area contributed by atoms with Crippen molar-refractivity contribution in [1.29, 1.82) is 0 Å². The maximum absolute atomic E-state index is 6.59. The minimum Gasteiger partial charge on any atom is -0.490 e. The van der Waals surface area contributed by atoms with Crippen LogP contribution in [0.15, 0.2) is 48.6 Å². The Morgan fingerprint density at radius 2 is 1.77 bits per heavy atom. The molecule has 1 aromatic carbocycles. The SMILES string of the molecule is C=CCOc1c([Si](C)(C)C2C3=CC=CCC3CC2C)cc(C)cc1[Si](C)(C)C(C)(C)C. The Bertz CT molecular complexity index is 898. The van der Waals surface area contributed by atoms with Crippen molar-refractivity contribution < 1.29 is 4.74 Å². The maximum atomic E-state index is 6.59. The predicted molar refractivity (Wildman–Crippen MR) is 144 cm³/mol. The van der Waals surface area contributed by atoms with E-state index in [2.05, 4.69) is 97.7 Å². The summed E-state index contributed by atoms with van der Waals surface area (Å²) in [6.07, 6.45) is 11.6. The summed E-state index contributed by atoms with van der Waals surface area (Å²) >= 11 is 0. The summed E-state index contributed by atoms with van der Waals surface area (Å²) < 4.78 is 6.59. The summed E-state index contributed by atoms with van der Waals surface area (Å²) in [5.41, 5.74) is 3.79. The fourth-order valence-electron chi connectivity index (χ4n) is 5.91. The number of ether oxygens (including phenoxy) is 1. The third-order valence-corrected chi connectivity index (χ3v) is 18.2. The van der Waals surface area contributed by atoms with Crippen LogP contribution in [0, 0.1) is 18.8 Å². The van der Waals surface area contributed by atoms with Crippen LogP contribution in [0.25, 0.3) is 0 Å². The number of fused-ring (bicyclic) bond motifs is 1. The molecule has 0 heterocycles. The normalized spacial score (nSPS) is 24.0. The van der Waals surface area contributed by atoms with E-state index >= 15 is 0 Å². The second-order valence-corrected chi connectivity index (χ2v) is 22.0. The molecule has 0 saturated heterocycles. The Morgan fingerprint density at radius 1 is 1.13 bits per heavy atom. The third kappa shape index (κ3) is 4.33. The van der Waals surface area contributed by atoms with Crippen molar-refractivity contribution in [3.05, 3.63) is 54.2 Å². The van der Waals surface area contributed by atoms with E-state index in [1.165, 1.54) is 34.5 Å². The van der Waals surface area contributed by atoms with Gasteiger partial charge in [-0.1, -0.05) is 108 Å². The molecule has 170 valence electrons. The van der Waals surface area contributed by atoms with E-state index in [1.54, 1.807) is 5.57 Å². The number of allylic oxidation sites excluding steroid dienone is 4. The zero-order chi connectivity index (χ0) is 23.2. The summed E-state index contributed by atoms with van der Waals surface area (Å²) in [4.78, 5) is 0. The van der Waals surface area contributed by atoms with Gasteiger partial charge in [0.2, 0.25) is 0 Å². The van der Waals surface area contributed by atoms with Gasteiger partial charge in [0, 0.05) is 0 Å². The number of aryl methyl sites for hydroxylation is 1. The molecule has 3 heteroatoms. The van der Waals surface area contributed by atoms with Gasteiger partial charge in [-0.2, -0.15) is 0 Å². The first-order chi connectivity index (χ1) is 14.3. The zero-order valence-electron chi connectivity index (χ0n) is 21.4. The van der Waals surface area contributed by atoms with E-state index in [1.807, 2.05) is 6.08 Å². The molecule has 1 aromatic rings. The molecule has 0 aromatic heterocycles. The van der Waals surface area contributed by atoms with E-state index < -0.39 is 16.1 Å². The van der Waals surface area contributed by atoms with Crippen LogP contribution in [0.2, 0.25) is 36.8 Å². The summed E-state index contributed by atoms with van der Waals surface area (Å²) in [6.45, 7) is 26.8. The predicted octanol–water partition coefficient (Wildman–Crippen LogP) is 7.10. The van der Waals surface area contributed by atoms with Gasteiger partial charge in [-0.25, -0.2) is 0 Å². The molecule has 2 aliphatic carbocycles. The minimum absolute atomic E-state index is 0.262. The highest BCUT2D eigenvalue weighted by Gasteiger charge is 2.49. The molecule has 1 saturated carbocycles. The van der Waals surface area contributed by atoms with Crippen LogP contribution >= 0.6 is 0 Å². The summed E-state index contributed by atoms with van der Waals surface area (Å²) in [6, 6.07) is 4.91. The number of hydrogen-bond donors (Lipinski definition) is 0. The van der Waals surface area contributed by atoms with Gasteiger partial charge in [0.25, 0.3) is 0 Å². The zero-order valence-corrected chi connectivity index (χ0v) is 23.4. The average Bonchev–Trinajstić information content (AvgIpc) is 3.01. The number of hydrogen-bond acceptors (Lipinski definition) is 1. The van der Waals surface area contributed by atoms with Gasteiger partial charge >= 0.3 is 0 Å². The standard InChI is InChI=1S/C28H44OSi2/c1-11-16-29-26-24(17-20(2)18-25(26)31(9,10)28(4,5)6)30(7,8)27-21(3)19-22-14-12-13-15-23(22)27/h11-13,15,17-18,21-22,27H,1,14,16,19H2,2-10H3. The lowest BCUT2D eigenvalue weighted by Crippen LogP contribution is -2.55. The van der Waals surface area contributed by atoms with Crippen molar-refractivity contribution in [2.75, 3.05) is 6.61 Å². The Hall–Kier alpha value is -1.33. The van der Waals surface area contributed by atoms with Crippen molar-refractivity contribution in [1.82, 2.24) is 0 Å². The molecule has 1 fully saturated rings. The topological polar surface area (TPSA) is 9.23 Å². The van der Waals surface area contributed by atoms with Crippen LogP contribution in [0.5, 0.6) is 5.75 Å². The molecule has 1 nitrogen and oxygen atoms in total. The molecule has 3 rings (SSSR count). The van der Waals surface area contributed by atoms with E-state index in [-0.39, 0.29) is 5.04 Å². The molecular formula is C28H44OSi2. The van der Waals surface area contributed by atoms with Crippen molar-refractivity contribution in [3.8, 4) is 5.75 Å². The second-order valence-electron chi connectivity index (χ2n) is 12.1. The maximum Gasteiger partial charge on any atom is 0.118 e. The molecule has 3 unspecified atom stereocenters. The lowest BCUT2D eigenvalue weighted by molar-refractivity contribution is 0.368. The lowest BCUT2D eigenvalue weighted by Gasteiger charge is -2.41. The minimum atomic E-state index is -1.85. The van der Waals surface area contributed by atoms with Gasteiger partial charge in [-0.05, 0) is 52.6 Å². The smallest absolute Gasteiger partial charge is 0.118 e. The van der Waals surface area contributed by atoms with Gasteiger partial charge < -0.3 is 4.74 Å². The molecule has 0 amide bonds. The highest BCUT2D eigenvalue weighted by Crippen LogP contribution is 2.53. The molecule has 31 heavy (non-hydrogen) atoms. The van der Waals surface area contributed by atoms with Crippen LogP contribution in [0.3, 0.4) is 0 Å². The molecule has 0 spiro atoms. The monoisotopic (exact) mass is 452 g/mol. The summed E-state index contributed by atoms with van der Waals surface area (Å²) in [7, 11) is -3.62. The van der Waals surface area contributed by atoms with Crippen LogP contribution in [-0.4, -0.2) is 22.8 Å². The van der Waals surface area contributed by atoms with Gasteiger partial charge in [-0.15, -0.1) is 0 Å². The van der Waals surface area contributed by atoms with E-state index in [0.717, 1.165) is 11.8 Å². The van der Waals surface area contributed by atoms with Crippen LogP contribution in [0.4, 0.5) is 0 Å². The first kappa shape index (κ1) is 24.3. The Morgan fingerprint density at radius 3 is 2.39 bits per heavy atom. The summed E-state index contributed by atoms with van der Waals surface area (Å²) in [5, 5.41) is 3.29. The lowest BCUT2D eigenvalue weighted by atomic mass is 9.94. The van der Waals surface area contributed by atoms with Gasteiger partial charge in [0.05, 0.1) is 16.1 Å². The van der Waals surface area contributed by atoms with Crippen LogP contribution in [0.1, 0.15) is 46.1 Å². The highest BCUT2D eigenvalue weighted by atomic mass is 28.3. The number of benzene rings is 1. The van der Waals surface area contributed by atoms with E-state index in [0.29, 0.717) is 12.1 Å². The molecule has 3 atom stereocenters. The second kappa shape index (κ2) is 8.55. The van der Waals surface area contributed by atoms with Gasteiger partial charge in [0.1, 0.15) is 12.4 Å². The van der Waals surface area contributed by atoms with E-state index in [4.69, 9.17) is 4.74 Å². The molecule has 0 bridgehead atoms. The van der Waals surface area contributed by atoms with Crippen molar-refractivity contribution in [2.24, 2.45) is 11.8 Å². The Kier molecular flexibility index (Phi) is 6.71. The number of rotatable bonds is 6. The average molecular weight is 453 g/mol. The fraction of sp³-hybridized carbons (Fsp3) is 0.571. The van der Waals surface area contributed by atoms with Crippen molar-refractivity contribution in [2.45, 2.75) is 84.2 Å².